The Labute approximate surface area is 341 Å². The Bertz CT molecular complexity index is 2120. The molecule has 21 heteroatoms. The van der Waals surface area contributed by atoms with Crippen LogP contribution < -0.4 is 19.4 Å². The first-order valence-corrected chi connectivity index (χ1v) is 18.7. The van der Waals surface area contributed by atoms with Crippen LogP contribution in [0.25, 0.3) is 0 Å². The topological polar surface area (TPSA) is 244 Å². The molecule has 1 spiro atoms. The molecule has 8 rings (SSSR count). The standard InChI is InChI=1S/C39H41F2N7O10.2H2O/c1-24(2)48-37(53)47(20-39(48)57-35(51)33(49)34(50)36(52)58-39)28-6-4-26(5-7-28)44-13-15-45(16-14-44)27-8-10-29(11-9-27)54-18-32-55-21-38(56-32,19-46-23-42-22-43-46)30-12-3-25(40)17-31(30)41;;/h3-12,17,22-24,32-34,49-50H,13-16,18-21H2,1-2H3;2*1H2/t32-,33?,34?,38+,39?;;/m0../s1. The molecule has 2 amide bonds. The number of hydrogen-bond donors (Lipinski definition) is 2. The lowest BCUT2D eigenvalue weighted by Crippen LogP contribution is -2.55. The van der Waals surface area contributed by atoms with E-state index in [9.17, 15) is 33.4 Å². The third-order valence-electron chi connectivity index (χ3n) is 10.5. The van der Waals surface area contributed by atoms with Gasteiger partial charge in [-0.2, -0.15) is 5.10 Å². The molecule has 5 heterocycles. The van der Waals surface area contributed by atoms with Gasteiger partial charge in [0.05, 0.1) is 13.2 Å². The number of amides is 2. The molecule has 0 bridgehead atoms. The zero-order chi connectivity index (χ0) is 40.8. The van der Waals surface area contributed by atoms with Gasteiger partial charge in [-0.05, 0) is 68.4 Å². The molecule has 0 saturated carbocycles. The number of esters is 2. The minimum atomic E-state index is -2.17. The molecule has 4 aliphatic heterocycles. The van der Waals surface area contributed by atoms with E-state index in [1.807, 2.05) is 36.4 Å². The Kier molecular flexibility index (Phi) is 12.6. The molecular formula is C39H45F2N7O12. The minimum absolute atomic E-state index is 0. The van der Waals surface area contributed by atoms with Crippen LogP contribution in [0.5, 0.6) is 5.75 Å². The number of nitrogens with zero attached hydrogens (tertiary/aromatic N) is 7. The van der Waals surface area contributed by atoms with E-state index in [-0.39, 0.29) is 42.8 Å². The minimum Gasteiger partial charge on any atom is -0.488 e. The Balaban J connectivity index is 0.00000302. The number of ether oxygens (including phenoxy) is 5. The maximum Gasteiger partial charge on any atom is 0.365 e. The van der Waals surface area contributed by atoms with Gasteiger partial charge in [0.15, 0.2) is 18.5 Å². The van der Waals surface area contributed by atoms with Crippen molar-refractivity contribution in [3.05, 3.63) is 96.6 Å². The van der Waals surface area contributed by atoms with Gasteiger partial charge in [-0.1, -0.05) is 6.07 Å². The van der Waals surface area contributed by atoms with Crippen molar-refractivity contribution in [3.63, 3.8) is 0 Å². The highest BCUT2D eigenvalue weighted by Gasteiger charge is 2.61. The van der Waals surface area contributed by atoms with Crippen molar-refractivity contribution in [3.8, 4) is 5.75 Å². The SMILES string of the molecule is CC(C)N1C(=O)N(c2ccc(N3CCN(c4ccc(OC[C@H]5OC[C@](Cn6cncn6)(c6ccc(F)cc6F)O5)cc4)CC3)cc2)CC12OC(=O)C(O)C(O)C(=O)O2.O.O. The van der Waals surface area contributed by atoms with Crippen LogP contribution in [-0.2, 0) is 40.7 Å². The molecule has 0 aliphatic carbocycles. The molecule has 1 aromatic heterocycles. The first-order chi connectivity index (χ1) is 27.8. The van der Waals surface area contributed by atoms with Crippen LogP contribution in [0.1, 0.15) is 19.4 Å². The lowest BCUT2D eigenvalue weighted by Gasteiger charge is -2.37. The average Bonchev–Trinajstić information content (AvgIpc) is 3.94. The second-order valence-electron chi connectivity index (χ2n) is 14.6. The summed E-state index contributed by atoms with van der Waals surface area (Å²) in [5.41, 5.74) is 1.27. The fraction of sp³-hybridized carbons (Fsp3) is 0.410. The number of urea groups is 1. The number of halogens is 2. The summed E-state index contributed by atoms with van der Waals surface area (Å²) in [6.07, 6.45) is -2.29. The Morgan fingerprint density at radius 3 is 1.98 bits per heavy atom. The van der Waals surface area contributed by atoms with Gasteiger partial charge in [-0.3, -0.25) is 4.90 Å². The molecule has 322 valence electrons. The molecule has 4 aromatic rings. The highest BCUT2D eigenvalue weighted by molar-refractivity contribution is 5.97. The maximum absolute atomic E-state index is 15.0. The van der Waals surface area contributed by atoms with Crippen molar-refractivity contribution >= 4 is 35.0 Å². The second kappa shape index (κ2) is 17.3. The largest absolute Gasteiger partial charge is 0.488 e. The highest BCUT2D eigenvalue weighted by Crippen LogP contribution is 2.39. The van der Waals surface area contributed by atoms with Crippen LogP contribution >= 0.6 is 0 Å². The third kappa shape index (κ3) is 8.27. The van der Waals surface area contributed by atoms with E-state index in [0.29, 0.717) is 24.5 Å². The van der Waals surface area contributed by atoms with E-state index in [2.05, 4.69) is 19.9 Å². The molecule has 4 aliphatic rings. The van der Waals surface area contributed by atoms with Crippen molar-refractivity contribution in [2.75, 3.05) is 60.6 Å². The number of aromatic nitrogens is 3. The average molecular weight is 842 g/mol. The summed E-state index contributed by atoms with van der Waals surface area (Å²) in [6, 6.07) is 17.0. The van der Waals surface area contributed by atoms with E-state index < -0.39 is 65.7 Å². The quantitative estimate of drug-likeness (QED) is 0.209. The van der Waals surface area contributed by atoms with Crippen LogP contribution in [-0.4, -0.2) is 135 Å². The number of rotatable bonds is 10. The summed E-state index contributed by atoms with van der Waals surface area (Å²) in [7, 11) is 0. The Morgan fingerprint density at radius 2 is 1.43 bits per heavy atom. The molecule has 4 saturated heterocycles. The summed E-state index contributed by atoms with van der Waals surface area (Å²) >= 11 is 0. The predicted molar refractivity (Wildman–Crippen MR) is 206 cm³/mol. The zero-order valence-corrected chi connectivity index (χ0v) is 32.5. The Morgan fingerprint density at radius 1 is 0.850 bits per heavy atom. The van der Waals surface area contributed by atoms with Gasteiger partial charge in [0.1, 0.15) is 48.8 Å². The van der Waals surface area contributed by atoms with E-state index in [4.69, 9.17) is 23.7 Å². The lowest BCUT2D eigenvalue weighted by atomic mass is 9.94. The fourth-order valence-electron chi connectivity index (χ4n) is 7.67. The van der Waals surface area contributed by atoms with Crippen LogP contribution in [0.3, 0.4) is 0 Å². The summed E-state index contributed by atoms with van der Waals surface area (Å²) in [4.78, 5) is 49.5. The van der Waals surface area contributed by atoms with Gasteiger partial charge in [-0.25, -0.2) is 37.7 Å². The molecule has 0 radical (unpaired) electrons. The van der Waals surface area contributed by atoms with Gasteiger partial charge >= 0.3 is 23.9 Å². The van der Waals surface area contributed by atoms with Crippen molar-refractivity contribution in [2.24, 2.45) is 0 Å². The van der Waals surface area contributed by atoms with Crippen LogP contribution in [0.2, 0.25) is 0 Å². The molecule has 6 N–H and O–H groups in total. The van der Waals surface area contributed by atoms with E-state index in [1.165, 1.54) is 34.4 Å². The number of carbonyl (C=O) groups is 3. The number of aliphatic hydroxyl groups excluding tert-OH is 2. The van der Waals surface area contributed by atoms with Gasteiger partial charge < -0.3 is 54.6 Å². The van der Waals surface area contributed by atoms with Crippen LogP contribution in [0, 0.1) is 11.6 Å². The first-order valence-electron chi connectivity index (χ1n) is 18.7. The number of piperazine rings is 1. The predicted octanol–water partition coefficient (Wildman–Crippen LogP) is 0.707. The summed E-state index contributed by atoms with van der Waals surface area (Å²) in [5.74, 6) is -5.61. The highest BCUT2D eigenvalue weighted by atomic mass is 19.1. The maximum atomic E-state index is 15.0. The van der Waals surface area contributed by atoms with Gasteiger partial charge in [0.2, 0.25) is 0 Å². The normalized spacial score (nSPS) is 25.5. The van der Waals surface area contributed by atoms with E-state index in [1.54, 1.807) is 26.0 Å². The van der Waals surface area contributed by atoms with Crippen molar-refractivity contribution in [1.29, 1.82) is 0 Å². The second-order valence-corrected chi connectivity index (χ2v) is 14.6. The summed E-state index contributed by atoms with van der Waals surface area (Å²) < 4.78 is 59.0. The molecular weight excluding hydrogens is 796 g/mol. The molecule has 60 heavy (non-hydrogen) atoms. The van der Waals surface area contributed by atoms with Crippen molar-refractivity contribution in [1.82, 2.24) is 19.7 Å². The third-order valence-corrected chi connectivity index (χ3v) is 10.5. The van der Waals surface area contributed by atoms with E-state index >= 15 is 0 Å². The van der Waals surface area contributed by atoms with Crippen molar-refractivity contribution in [2.45, 2.75) is 56.4 Å². The zero-order valence-electron chi connectivity index (χ0n) is 32.5. The molecule has 4 atom stereocenters. The number of anilines is 3. The van der Waals surface area contributed by atoms with Gasteiger partial charge in [0.25, 0.3) is 0 Å². The summed E-state index contributed by atoms with van der Waals surface area (Å²) in [5, 5.41) is 24.1. The molecule has 2 unspecified atom stereocenters. The number of carbonyl (C=O) groups excluding carboxylic acids is 3. The fourth-order valence-corrected chi connectivity index (χ4v) is 7.67. The van der Waals surface area contributed by atoms with Gasteiger partial charge in [-0.15, -0.1) is 0 Å². The smallest absolute Gasteiger partial charge is 0.365 e. The lowest BCUT2D eigenvalue weighted by molar-refractivity contribution is -0.262. The van der Waals surface area contributed by atoms with Crippen molar-refractivity contribution < 1.29 is 68.0 Å². The molecule has 4 fully saturated rings. The van der Waals surface area contributed by atoms with Gasteiger partial charge in [0, 0.05) is 60.9 Å². The monoisotopic (exact) mass is 841 g/mol. The van der Waals surface area contributed by atoms with Crippen LogP contribution in [0.15, 0.2) is 79.4 Å². The number of aliphatic hydroxyl groups is 2. The van der Waals surface area contributed by atoms with Crippen LogP contribution in [0.4, 0.5) is 30.6 Å². The first kappa shape index (κ1) is 43.6. The van der Waals surface area contributed by atoms with E-state index in [0.717, 1.165) is 35.4 Å². The molecule has 3 aromatic carbocycles. The number of hydrogen-bond acceptors (Lipinski definition) is 14. The summed E-state index contributed by atoms with van der Waals surface area (Å²) in [6.45, 7) is 5.93. The molecule has 19 nitrogen and oxygen atoms in total. The Hall–Kier alpha value is -5.97. The number of benzene rings is 3.